The van der Waals surface area contributed by atoms with Gasteiger partial charge in [-0.15, -0.1) is 6.58 Å². The lowest BCUT2D eigenvalue weighted by Gasteiger charge is -2.39. The molecule has 0 unspecified atom stereocenters. The molecule has 0 saturated carbocycles. The lowest BCUT2D eigenvalue weighted by molar-refractivity contribution is -0.296. The minimum atomic E-state index is -0.572. The van der Waals surface area contributed by atoms with Crippen molar-refractivity contribution in [3.8, 4) is 0 Å². The average Bonchev–Trinajstić information content (AvgIpc) is 2.38. The van der Waals surface area contributed by atoms with Crippen molar-refractivity contribution in [3.63, 3.8) is 0 Å². The second-order valence-electron chi connectivity index (χ2n) is 5.27. The largest absolute Gasteiger partial charge is 0.374 e. The van der Waals surface area contributed by atoms with Gasteiger partial charge in [0.1, 0.15) is 0 Å². The summed E-state index contributed by atoms with van der Waals surface area (Å²) in [4.78, 5) is 0. The third-order valence-electron chi connectivity index (χ3n) is 3.06. The Morgan fingerprint density at radius 1 is 1.32 bits per heavy atom. The van der Waals surface area contributed by atoms with E-state index in [1.807, 2.05) is 38.1 Å². The molecule has 0 bridgehead atoms. The van der Waals surface area contributed by atoms with Crippen molar-refractivity contribution in [3.05, 3.63) is 48.6 Å². The summed E-state index contributed by atoms with van der Waals surface area (Å²) >= 11 is 0. The van der Waals surface area contributed by atoms with Gasteiger partial charge in [-0.2, -0.15) is 0 Å². The molecule has 2 rings (SSSR count). The van der Waals surface area contributed by atoms with Crippen molar-refractivity contribution in [1.29, 1.82) is 0 Å². The predicted molar refractivity (Wildman–Crippen MR) is 74.7 cm³/mol. The fourth-order valence-corrected chi connectivity index (χ4v) is 2.28. The zero-order chi connectivity index (χ0) is 13.7. The maximum Gasteiger partial charge on any atom is 0.164 e. The van der Waals surface area contributed by atoms with Crippen LogP contribution in [0.15, 0.2) is 43.0 Å². The lowest BCUT2D eigenvalue weighted by Crippen LogP contribution is -2.45. The second-order valence-corrected chi connectivity index (χ2v) is 5.27. The van der Waals surface area contributed by atoms with Gasteiger partial charge < -0.3 is 14.2 Å². The second kappa shape index (κ2) is 6.33. The summed E-state index contributed by atoms with van der Waals surface area (Å²) < 4.78 is 17.3. The molecule has 1 aliphatic heterocycles. The number of rotatable bonds is 5. The minimum Gasteiger partial charge on any atom is -0.374 e. The Hall–Kier alpha value is -1.16. The lowest BCUT2D eigenvalue weighted by atomic mass is 10.1. The quantitative estimate of drug-likeness (QED) is 0.762. The maximum absolute atomic E-state index is 5.85. The molecular formula is C16H22O3. The highest BCUT2D eigenvalue weighted by molar-refractivity contribution is 5.13. The molecule has 1 heterocycles. The normalized spacial score (nSPS) is 26.0. The summed E-state index contributed by atoms with van der Waals surface area (Å²) in [7, 11) is 0. The standard InChI is InChI=1S/C16H22O3/c1-4-14-10-15(19-16(2,3)18-14)12-17-11-13-8-6-5-7-9-13/h4-9,14-15H,1,10-12H2,2-3H3/t14-,15-/m1/s1. The van der Waals surface area contributed by atoms with E-state index in [4.69, 9.17) is 14.2 Å². The molecule has 0 radical (unpaired) electrons. The highest BCUT2D eigenvalue weighted by Crippen LogP contribution is 2.27. The van der Waals surface area contributed by atoms with Gasteiger partial charge in [0.05, 0.1) is 25.4 Å². The summed E-state index contributed by atoms with van der Waals surface area (Å²) in [6.45, 7) is 8.83. The molecule has 1 aromatic rings. The molecule has 19 heavy (non-hydrogen) atoms. The van der Waals surface area contributed by atoms with E-state index < -0.39 is 5.79 Å². The zero-order valence-corrected chi connectivity index (χ0v) is 11.7. The number of hydrogen-bond donors (Lipinski definition) is 0. The number of hydrogen-bond acceptors (Lipinski definition) is 3. The first-order valence-corrected chi connectivity index (χ1v) is 6.69. The van der Waals surface area contributed by atoms with Gasteiger partial charge in [0.25, 0.3) is 0 Å². The molecule has 104 valence electrons. The predicted octanol–water partition coefficient (Wildman–Crippen LogP) is 3.30. The first-order chi connectivity index (χ1) is 9.09. The van der Waals surface area contributed by atoms with E-state index >= 15 is 0 Å². The van der Waals surface area contributed by atoms with Crippen LogP contribution in [-0.4, -0.2) is 24.6 Å². The van der Waals surface area contributed by atoms with E-state index in [1.54, 1.807) is 0 Å². The van der Waals surface area contributed by atoms with Gasteiger partial charge in [0.15, 0.2) is 5.79 Å². The minimum absolute atomic E-state index is 0.0362. The van der Waals surface area contributed by atoms with E-state index in [0.29, 0.717) is 13.2 Å². The Kier molecular flexibility index (Phi) is 4.75. The van der Waals surface area contributed by atoms with Crippen LogP contribution in [-0.2, 0) is 20.8 Å². The van der Waals surface area contributed by atoms with E-state index in [1.165, 1.54) is 5.56 Å². The molecule has 0 aromatic heterocycles. The Morgan fingerprint density at radius 3 is 2.74 bits per heavy atom. The molecule has 1 fully saturated rings. The van der Waals surface area contributed by atoms with Gasteiger partial charge in [-0.3, -0.25) is 0 Å². The number of benzene rings is 1. The van der Waals surface area contributed by atoms with Crippen molar-refractivity contribution >= 4 is 0 Å². The summed E-state index contributed by atoms with van der Waals surface area (Å²) in [5.74, 6) is -0.572. The molecular weight excluding hydrogens is 240 g/mol. The van der Waals surface area contributed by atoms with Crippen LogP contribution in [0.2, 0.25) is 0 Å². The van der Waals surface area contributed by atoms with E-state index in [-0.39, 0.29) is 12.2 Å². The molecule has 0 aliphatic carbocycles. The molecule has 0 N–H and O–H groups in total. The summed E-state index contributed by atoms with van der Waals surface area (Å²) in [5.41, 5.74) is 1.18. The average molecular weight is 262 g/mol. The van der Waals surface area contributed by atoms with Crippen LogP contribution in [0.5, 0.6) is 0 Å². The van der Waals surface area contributed by atoms with E-state index in [2.05, 4.69) is 18.7 Å². The van der Waals surface area contributed by atoms with Gasteiger partial charge in [-0.25, -0.2) is 0 Å². The van der Waals surface area contributed by atoms with Crippen LogP contribution in [0.25, 0.3) is 0 Å². The van der Waals surface area contributed by atoms with Gasteiger partial charge in [0, 0.05) is 6.42 Å². The first-order valence-electron chi connectivity index (χ1n) is 6.69. The highest BCUT2D eigenvalue weighted by Gasteiger charge is 2.34. The van der Waals surface area contributed by atoms with Gasteiger partial charge in [0.2, 0.25) is 0 Å². The van der Waals surface area contributed by atoms with Crippen molar-refractivity contribution in [2.24, 2.45) is 0 Å². The maximum atomic E-state index is 5.85. The Labute approximate surface area is 115 Å². The molecule has 3 nitrogen and oxygen atoms in total. The fourth-order valence-electron chi connectivity index (χ4n) is 2.28. The Balaban J connectivity index is 1.80. The van der Waals surface area contributed by atoms with Crippen LogP contribution in [0.1, 0.15) is 25.8 Å². The fraction of sp³-hybridized carbons (Fsp3) is 0.500. The topological polar surface area (TPSA) is 27.7 Å². The molecule has 0 amide bonds. The molecule has 3 heteroatoms. The highest BCUT2D eigenvalue weighted by atomic mass is 16.7. The van der Waals surface area contributed by atoms with Crippen LogP contribution >= 0.6 is 0 Å². The van der Waals surface area contributed by atoms with Crippen molar-refractivity contribution in [2.75, 3.05) is 6.61 Å². The molecule has 0 spiro atoms. The summed E-state index contributed by atoms with van der Waals surface area (Å²) in [6, 6.07) is 10.1. The Bertz CT molecular complexity index is 400. The van der Waals surface area contributed by atoms with Gasteiger partial charge in [-0.1, -0.05) is 36.4 Å². The SMILES string of the molecule is C=C[C@@H]1C[C@H](COCc2ccccc2)OC(C)(C)O1. The smallest absolute Gasteiger partial charge is 0.164 e. The molecule has 1 aliphatic rings. The monoisotopic (exact) mass is 262 g/mol. The molecule has 1 saturated heterocycles. The molecule has 1 aromatic carbocycles. The third kappa shape index (κ3) is 4.46. The van der Waals surface area contributed by atoms with Crippen molar-refractivity contribution in [1.82, 2.24) is 0 Å². The van der Waals surface area contributed by atoms with Gasteiger partial charge >= 0.3 is 0 Å². The van der Waals surface area contributed by atoms with Crippen molar-refractivity contribution < 1.29 is 14.2 Å². The van der Waals surface area contributed by atoms with Crippen LogP contribution in [0, 0.1) is 0 Å². The van der Waals surface area contributed by atoms with E-state index in [0.717, 1.165) is 6.42 Å². The van der Waals surface area contributed by atoms with Gasteiger partial charge in [-0.05, 0) is 19.4 Å². The summed E-state index contributed by atoms with van der Waals surface area (Å²) in [6.07, 6.45) is 2.71. The summed E-state index contributed by atoms with van der Waals surface area (Å²) in [5, 5.41) is 0. The number of ether oxygens (including phenoxy) is 3. The van der Waals surface area contributed by atoms with Crippen LogP contribution in [0.3, 0.4) is 0 Å². The van der Waals surface area contributed by atoms with E-state index in [9.17, 15) is 0 Å². The molecule has 2 atom stereocenters. The van der Waals surface area contributed by atoms with Crippen LogP contribution in [0.4, 0.5) is 0 Å². The first kappa shape index (κ1) is 14.3. The van der Waals surface area contributed by atoms with Crippen LogP contribution < -0.4 is 0 Å². The van der Waals surface area contributed by atoms with Crippen molar-refractivity contribution in [2.45, 2.75) is 44.9 Å². The third-order valence-corrected chi connectivity index (χ3v) is 3.06. The Morgan fingerprint density at radius 2 is 2.05 bits per heavy atom. The zero-order valence-electron chi connectivity index (χ0n) is 11.7.